The van der Waals surface area contributed by atoms with E-state index in [0.29, 0.717) is 6.54 Å². The van der Waals surface area contributed by atoms with E-state index in [2.05, 4.69) is 0 Å². The summed E-state index contributed by atoms with van der Waals surface area (Å²) in [4.78, 5) is 14.6. The minimum atomic E-state index is 0.208. The molecule has 56 valence electrons. The molecule has 0 aliphatic carbocycles. The molecule has 0 radical (unpaired) electrons. The molecule has 0 amide bonds. The molecule has 0 aromatic carbocycles. The molecule has 1 aliphatic rings. The van der Waals surface area contributed by atoms with Gasteiger partial charge in [0.15, 0.2) is 0 Å². The van der Waals surface area contributed by atoms with Gasteiger partial charge < -0.3 is 9.80 Å². The molecule has 0 bridgehead atoms. The summed E-state index contributed by atoms with van der Waals surface area (Å²) in [5.74, 6) is 0.208. The van der Waals surface area contributed by atoms with Gasteiger partial charge in [0.05, 0.1) is 13.2 Å². The summed E-state index contributed by atoms with van der Waals surface area (Å²) in [6.45, 7) is 2.96. The van der Waals surface area contributed by atoms with Crippen molar-refractivity contribution in [1.29, 1.82) is 0 Å². The Morgan fingerprint density at radius 3 is 2.70 bits per heavy atom. The van der Waals surface area contributed by atoms with E-state index in [4.69, 9.17) is 0 Å². The van der Waals surface area contributed by atoms with Crippen LogP contribution in [0.1, 0.15) is 6.92 Å². The summed E-state index contributed by atoms with van der Waals surface area (Å²) < 4.78 is 0. The Labute approximate surface area is 60.9 Å². The topological polar surface area (TPSA) is 23.6 Å². The van der Waals surface area contributed by atoms with Crippen molar-refractivity contribution >= 4 is 5.78 Å². The zero-order valence-corrected chi connectivity index (χ0v) is 6.37. The van der Waals surface area contributed by atoms with E-state index in [9.17, 15) is 4.79 Å². The molecule has 3 heteroatoms. The minimum absolute atomic E-state index is 0.208. The van der Waals surface area contributed by atoms with E-state index in [0.717, 1.165) is 6.67 Å². The Bertz CT molecular complexity index is 165. The van der Waals surface area contributed by atoms with Crippen molar-refractivity contribution in [3.05, 3.63) is 12.4 Å². The Hall–Kier alpha value is -0.990. The predicted octanol–water partition coefficient (Wildman–Crippen LogP) is 0.252. The van der Waals surface area contributed by atoms with Gasteiger partial charge in [-0.1, -0.05) is 0 Å². The van der Waals surface area contributed by atoms with Gasteiger partial charge >= 0.3 is 0 Å². The van der Waals surface area contributed by atoms with Gasteiger partial charge in [0.2, 0.25) is 0 Å². The van der Waals surface area contributed by atoms with Gasteiger partial charge in [-0.25, -0.2) is 0 Å². The largest absolute Gasteiger partial charge is 0.362 e. The van der Waals surface area contributed by atoms with Gasteiger partial charge in [-0.2, -0.15) is 0 Å². The summed E-state index contributed by atoms with van der Waals surface area (Å²) in [5, 5.41) is 0. The van der Waals surface area contributed by atoms with Crippen molar-refractivity contribution in [3.63, 3.8) is 0 Å². The lowest BCUT2D eigenvalue weighted by Gasteiger charge is -2.15. The van der Waals surface area contributed by atoms with Crippen LogP contribution in [0.25, 0.3) is 0 Å². The highest BCUT2D eigenvalue weighted by Crippen LogP contribution is 2.01. The van der Waals surface area contributed by atoms with E-state index in [1.807, 2.05) is 29.2 Å². The Kier molecular flexibility index (Phi) is 1.94. The smallest absolute Gasteiger partial charge is 0.149 e. The lowest BCUT2D eigenvalue weighted by atomic mass is 10.4. The first-order valence-electron chi connectivity index (χ1n) is 3.30. The maximum absolute atomic E-state index is 10.6. The molecule has 0 fully saturated rings. The number of ketones is 1. The van der Waals surface area contributed by atoms with Crippen LogP contribution in [0.15, 0.2) is 12.4 Å². The molecule has 0 saturated carbocycles. The average molecular weight is 140 g/mol. The predicted molar refractivity (Wildman–Crippen MR) is 39.2 cm³/mol. The van der Waals surface area contributed by atoms with Crippen LogP contribution in [0.2, 0.25) is 0 Å². The third kappa shape index (κ3) is 1.76. The van der Waals surface area contributed by atoms with Crippen molar-refractivity contribution in [2.75, 3.05) is 20.3 Å². The average Bonchev–Trinajstić information content (AvgIpc) is 2.13. The summed E-state index contributed by atoms with van der Waals surface area (Å²) in [6.07, 6.45) is 3.89. The van der Waals surface area contributed by atoms with Crippen LogP contribution in [0, 0.1) is 0 Å². The summed E-state index contributed by atoms with van der Waals surface area (Å²) in [5.41, 5.74) is 0. The molecule has 0 N–H and O–H groups in total. The molecule has 3 nitrogen and oxygen atoms in total. The zero-order valence-electron chi connectivity index (χ0n) is 6.37. The van der Waals surface area contributed by atoms with Crippen molar-refractivity contribution in [1.82, 2.24) is 9.80 Å². The van der Waals surface area contributed by atoms with E-state index in [1.54, 1.807) is 6.92 Å². The van der Waals surface area contributed by atoms with Gasteiger partial charge in [-0.05, 0) is 6.92 Å². The second-order valence-corrected chi connectivity index (χ2v) is 2.65. The normalized spacial score (nSPS) is 16.6. The van der Waals surface area contributed by atoms with Gasteiger partial charge in [0.1, 0.15) is 5.78 Å². The standard InChI is InChI=1S/C7H12N2O/c1-7(10)5-9-4-3-8(2)6-9/h3-4H,5-6H2,1-2H3. The molecule has 0 aromatic heterocycles. The van der Waals surface area contributed by atoms with Gasteiger partial charge in [-0.15, -0.1) is 0 Å². The highest BCUT2D eigenvalue weighted by Gasteiger charge is 2.08. The van der Waals surface area contributed by atoms with Crippen LogP contribution in [0.4, 0.5) is 0 Å². The number of rotatable bonds is 2. The molecule has 0 spiro atoms. The number of Topliss-reactive ketones (excluding diaryl/α,β-unsaturated/α-hetero) is 1. The number of hydrogen-bond acceptors (Lipinski definition) is 3. The summed E-state index contributed by atoms with van der Waals surface area (Å²) >= 11 is 0. The highest BCUT2D eigenvalue weighted by atomic mass is 16.1. The van der Waals surface area contributed by atoms with Crippen LogP contribution in [0.5, 0.6) is 0 Å². The first kappa shape index (κ1) is 7.12. The Morgan fingerprint density at radius 2 is 2.30 bits per heavy atom. The number of nitrogens with zero attached hydrogens (tertiary/aromatic N) is 2. The molecular weight excluding hydrogens is 128 g/mol. The highest BCUT2D eigenvalue weighted by molar-refractivity contribution is 5.77. The van der Waals surface area contributed by atoms with E-state index < -0.39 is 0 Å². The zero-order chi connectivity index (χ0) is 7.56. The number of hydrogen-bond donors (Lipinski definition) is 0. The van der Waals surface area contributed by atoms with Crippen LogP contribution in [0.3, 0.4) is 0 Å². The molecule has 1 rings (SSSR count). The lowest BCUT2D eigenvalue weighted by Crippen LogP contribution is -2.26. The van der Waals surface area contributed by atoms with Crippen molar-refractivity contribution in [2.24, 2.45) is 0 Å². The van der Waals surface area contributed by atoms with Gasteiger partial charge in [-0.3, -0.25) is 4.79 Å². The van der Waals surface area contributed by atoms with Crippen LogP contribution in [-0.2, 0) is 4.79 Å². The fourth-order valence-corrected chi connectivity index (χ4v) is 0.978. The summed E-state index contributed by atoms with van der Waals surface area (Å²) in [6, 6.07) is 0. The molecule has 0 unspecified atom stereocenters. The molecule has 1 heterocycles. The van der Waals surface area contributed by atoms with E-state index in [-0.39, 0.29) is 5.78 Å². The molecule has 10 heavy (non-hydrogen) atoms. The van der Waals surface area contributed by atoms with Crippen molar-refractivity contribution in [2.45, 2.75) is 6.92 Å². The minimum Gasteiger partial charge on any atom is -0.362 e. The quantitative estimate of drug-likeness (QED) is 0.549. The SMILES string of the molecule is CC(=O)CN1C=CN(C)C1. The monoisotopic (exact) mass is 140 g/mol. The maximum atomic E-state index is 10.6. The summed E-state index contributed by atoms with van der Waals surface area (Å²) in [7, 11) is 1.98. The molecule has 0 aromatic rings. The molecule has 0 saturated heterocycles. The second kappa shape index (κ2) is 2.73. The van der Waals surface area contributed by atoms with Crippen molar-refractivity contribution in [3.8, 4) is 0 Å². The maximum Gasteiger partial charge on any atom is 0.149 e. The third-order valence-corrected chi connectivity index (χ3v) is 1.36. The third-order valence-electron chi connectivity index (χ3n) is 1.36. The Balaban J connectivity index is 2.33. The van der Waals surface area contributed by atoms with Gasteiger partial charge in [0, 0.05) is 19.4 Å². The fraction of sp³-hybridized carbons (Fsp3) is 0.571. The van der Waals surface area contributed by atoms with Crippen LogP contribution >= 0.6 is 0 Å². The number of carbonyl (C=O) groups is 1. The van der Waals surface area contributed by atoms with Crippen LogP contribution in [-0.4, -0.2) is 35.8 Å². The molecular formula is C7H12N2O. The molecule has 0 atom stereocenters. The molecule has 1 aliphatic heterocycles. The first-order chi connectivity index (χ1) is 4.68. The second-order valence-electron chi connectivity index (χ2n) is 2.65. The van der Waals surface area contributed by atoms with Gasteiger partial charge in [0.25, 0.3) is 0 Å². The lowest BCUT2D eigenvalue weighted by molar-refractivity contribution is -0.117. The number of carbonyl (C=O) groups excluding carboxylic acids is 1. The van der Waals surface area contributed by atoms with E-state index in [1.165, 1.54) is 0 Å². The van der Waals surface area contributed by atoms with Crippen molar-refractivity contribution < 1.29 is 4.79 Å². The fourth-order valence-electron chi connectivity index (χ4n) is 0.978. The van der Waals surface area contributed by atoms with E-state index >= 15 is 0 Å². The Morgan fingerprint density at radius 1 is 1.60 bits per heavy atom. The first-order valence-corrected chi connectivity index (χ1v) is 3.30. The van der Waals surface area contributed by atoms with Crippen LogP contribution < -0.4 is 0 Å².